The first kappa shape index (κ1) is 23.7. The molecule has 0 radical (unpaired) electrons. The van der Waals surface area contributed by atoms with Crippen LogP contribution in [0.25, 0.3) is 6.08 Å². The van der Waals surface area contributed by atoms with Gasteiger partial charge in [0, 0.05) is 16.1 Å². The van der Waals surface area contributed by atoms with Gasteiger partial charge in [0.05, 0.1) is 4.91 Å². The van der Waals surface area contributed by atoms with Crippen molar-refractivity contribution in [2.24, 2.45) is 0 Å². The van der Waals surface area contributed by atoms with E-state index in [0.29, 0.717) is 23.6 Å². The topological polar surface area (TPSA) is 75.7 Å². The summed E-state index contributed by atoms with van der Waals surface area (Å²) in [6.07, 6.45) is 3.57. The predicted octanol–water partition coefficient (Wildman–Crippen LogP) is 5.66. The van der Waals surface area contributed by atoms with Gasteiger partial charge in [0.2, 0.25) is 5.91 Å². The molecule has 0 saturated carbocycles. The van der Waals surface area contributed by atoms with Crippen LogP contribution in [0.4, 0.5) is 10.5 Å². The predicted molar refractivity (Wildman–Crippen MR) is 137 cm³/mol. The minimum Gasteiger partial charge on any atom is -0.488 e. The van der Waals surface area contributed by atoms with Gasteiger partial charge in [-0.1, -0.05) is 54.6 Å². The van der Waals surface area contributed by atoms with Crippen LogP contribution < -0.4 is 10.1 Å². The summed E-state index contributed by atoms with van der Waals surface area (Å²) >= 11 is 2.37. The maximum Gasteiger partial charge on any atom is 0.294 e. The van der Waals surface area contributed by atoms with Crippen molar-refractivity contribution in [3.8, 4) is 5.75 Å². The van der Waals surface area contributed by atoms with Crippen molar-refractivity contribution in [2.45, 2.75) is 11.5 Å². The smallest absolute Gasteiger partial charge is 0.294 e. The number of amides is 3. The summed E-state index contributed by atoms with van der Waals surface area (Å²) in [7, 11) is 0. The first-order valence-electron chi connectivity index (χ1n) is 10.5. The normalized spacial score (nSPS) is 14.5. The molecule has 172 valence electrons. The summed E-state index contributed by atoms with van der Waals surface area (Å²) in [5, 5.41) is 2.26. The number of imide groups is 1. The Morgan fingerprint density at radius 2 is 1.79 bits per heavy atom. The Hall–Kier alpha value is -3.49. The number of nitrogens with zero attached hydrogens (tertiary/aromatic N) is 1. The monoisotopic (exact) mass is 490 g/mol. The van der Waals surface area contributed by atoms with Crippen molar-refractivity contribution in [3.05, 3.63) is 94.9 Å². The quantitative estimate of drug-likeness (QED) is 0.324. The molecule has 0 spiro atoms. The molecule has 0 unspecified atom stereocenters. The molecule has 1 heterocycles. The van der Waals surface area contributed by atoms with Gasteiger partial charge in [0.15, 0.2) is 0 Å². The van der Waals surface area contributed by atoms with Crippen LogP contribution in [0.15, 0.2) is 88.7 Å². The highest BCUT2D eigenvalue weighted by Crippen LogP contribution is 2.34. The summed E-state index contributed by atoms with van der Waals surface area (Å²) in [4.78, 5) is 40.1. The van der Waals surface area contributed by atoms with E-state index in [1.165, 1.54) is 0 Å². The summed E-state index contributed by atoms with van der Waals surface area (Å²) in [6.45, 7) is 0.0305. The second-order valence-electron chi connectivity index (χ2n) is 7.36. The lowest BCUT2D eigenvalue weighted by Gasteiger charge is -2.13. The molecule has 3 aromatic carbocycles. The third-order valence-corrected chi connectivity index (χ3v) is 6.60. The number of benzene rings is 3. The fourth-order valence-electron chi connectivity index (χ4n) is 3.29. The molecule has 1 aliphatic rings. The molecule has 3 aromatic rings. The molecule has 0 aliphatic carbocycles. The van der Waals surface area contributed by atoms with E-state index < -0.39 is 17.1 Å². The minimum atomic E-state index is -0.499. The molecule has 1 aliphatic heterocycles. The van der Waals surface area contributed by atoms with Crippen molar-refractivity contribution in [3.63, 3.8) is 0 Å². The van der Waals surface area contributed by atoms with Crippen LogP contribution in [0.3, 0.4) is 0 Å². The Bertz CT molecular complexity index is 1240. The van der Waals surface area contributed by atoms with Crippen LogP contribution in [0.1, 0.15) is 11.1 Å². The van der Waals surface area contributed by atoms with Gasteiger partial charge in [-0.05, 0) is 53.9 Å². The molecular formula is C26H22N2O4S2. The van der Waals surface area contributed by atoms with Gasteiger partial charge in [0.25, 0.3) is 11.1 Å². The largest absolute Gasteiger partial charge is 0.488 e. The maximum absolute atomic E-state index is 12.9. The average Bonchev–Trinajstić information content (AvgIpc) is 3.11. The number of hydrogen-bond acceptors (Lipinski definition) is 6. The molecule has 0 atom stereocenters. The Kier molecular flexibility index (Phi) is 7.72. The van der Waals surface area contributed by atoms with Crippen LogP contribution in [0.5, 0.6) is 5.75 Å². The van der Waals surface area contributed by atoms with E-state index in [1.54, 1.807) is 23.9 Å². The first-order valence-corrected chi connectivity index (χ1v) is 12.5. The van der Waals surface area contributed by atoms with Crippen molar-refractivity contribution < 1.29 is 19.1 Å². The lowest BCUT2D eigenvalue weighted by Crippen LogP contribution is -2.36. The summed E-state index contributed by atoms with van der Waals surface area (Å²) in [6, 6.07) is 24.4. The van der Waals surface area contributed by atoms with E-state index >= 15 is 0 Å². The Morgan fingerprint density at radius 3 is 2.59 bits per heavy atom. The highest BCUT2D eigenvalue weighted by molar-refractivity contribution is 8.18. The fraction of sp³-hybridized carbons (Fsp3) is 0.115. The van der Waals surface area contributed by atoms with Crippen LogP contribution in [0, 0.1) is 0 Å². The molecule has 4 rings (SSSR count). The van der Waals surface area contributed by atoms with E-state index in [0.717, 1.165) is 27.1 Å². The maximum atomic E-state index is 12.9. The van der Waals surface area contributed by atoms with Crippen LogP contribution >= 0.6 is 23.5 Å². The third kappa shape index (κ3) is 5.89. The van der Waals surface area contributed by atoms with Gasteiger partial charge in [-0.25, -0.2) is 0 Å². The standard InChI is InChI=1S/C26H22N2O4S2/c1-33-21-12-7-11-20(15-21)27-24(29)16-28-25(30)23(34-26(28)31)14-19-10-5-6-13-22(19)32-17-18-8-3-2-4-9-18/h2-15H,16-17H2,1H3,(H,27,29)/b23-14+. The number of anilines is 1. The number of carbonyl (C=O) groups is 3. The molecule has 1 N–H and O–H groups in total. The third-order valence-electron chi connectivity index (χ3n) is 4.97. The summed E-state index contributed by atoms with van der Waals surface area (Å²) in [5.41, 5.74) is 2.32. The van der Waals surface area contributed by atoms with E-state index in [2.05, 4.69) is 5.32 Å². The molecule has 3 amide bonds. The van der Waals surface area contributed by atoms with E-state index in [4.69, 9.17) is 4.74 Å². The number of hydrogen-bond donors (Lipinski definition) is 1. The number of thioether (sulfide) groups is 2. The molecule has 34 heavy (non-hydrogen) atoms. The highest BCUT2D eigenvalue weighted by atomic mass is 32.2. The van der Waals surface area contributed by atoms with E-state index in [9.17, 15) is 14.4 Å². The second kappa shape index (κ2) is 11.1. The number of para-hydroxylation sites is 1. The molecule has 0 aromatic heterocycles. The zero-order chi connectivity index (χ0) is 23.9. The van der Waals surface area contributed by atoms with Crippen molar-refractivity contribution in [1.29, 1.82) is 0 Å². The first-order chi connectivity index (χ1) is 16.5. The molecule has 6 nitrogen and oxygen atoms in total. The molecular weight excluding hydrogens is 468 g/mol. The van der Waals surface area contributed by atoms with Crippen LogP contribution in [-0.2, 0) is 16.2 Å². The Morgan fingerprint density at radius 1 is 1.03 bits per heavy atom. The number of nitrogens with one attached hydrogen (secondary N) is 1. The molecule has 0 bridgehead atoms. The second-order valence-corrected chi connectivity index (χ2v) is 9.23. The highest BCUT2D eigenvalue weighted by Gasteiger charge is 2.36. The fourth-order valence-corrected chi connectivity index (χ4v) is 4.58. The SMILES string of the molecule is CSc1cccc(NC(=O)CN2C(=O)S/C(=C/c3ccccc3OCc3ccccc3)C2=O)c1. The molecule has 1 fully saturated rings. The number of rotatable bonds is 8. The lowest BCUT2D eigenvalue weighted by atomic mass is 10.1. The van der Waals surface area contributed by atoms with Crippen LogP contribution in [-0.4, -0.2) is 34.8 Å². The summed E-state index contributed by atoms with van der Waals surface area (Å²) in [5.74, 6) is -0.334. The van der Waals surface area contributed by atoms with Gasteiger partial charge in [-0.15, -0.1) is 11.8 Å². The zero-order valence-corrected chi connectivity index (χ0v) is 20.0. The van der Waals surface area contributed by atoms with Gasteiger partial charge in [-0.3, -0.25) is 19.3 Å². The zero-order valence-electron chi connectivity index (χ0n) is 18.4. The van der Waals surface area contributed by atoms with Gasteiger partial charge < -0.3 is 10.1 Å². The number of carbonyl (C=O) groups excluding carboxylic acids is 3. The van der Waals surface area contributed by atoms with Gasteiger partial charge in [-0.2, -0.15) is 0 Å². The Labute approximate surface area is 206 Å². The molecule has 1 saturated heterocycles. The average molecular weight is 491 g/mol. The Balaban J connectivity index is 1.44. The van der Waals surface area contributed by atoms with Crippen molar-refractivity contribution in [1.82, 2.24) is 4.90 Å². The van der Waals surface area contributed by atoms with Gasteiger partial charge >= 0.3 is 0 Å². The lowest BCUT2D eigenvalue weighted by molar-refractivity contribution is -0.127. The van der Waals surface area contributed by atoms with E-state index in [-0.39, 0.29) is 11.4 Å². The summed E-state index contributed by atoms with van der Waals surface area (Å²) < 4.78 is 5.94. The van der Waals surface area contributed by atoms with Gasteiger partial charge in [0.1, 0.15) is 18.9 Å². The van der Waals surface area contributed by atoms with Crippen LogP contribution in [0.2, 0.25) is 0 Å². The van der Waals surface area contributed by atoms with E-state index in [1.807, 2.05) is 79.1 Å². The van der Waals surface area contributed by atoms with Crippen molar-refractivity contribution >= 4 is 52.3 Å². The van der Waals surface area contributed by atoms with Crippen molar-refractivity contribution in [2.75, 3.05) is 18.1 Å². The molecule has 8 heteroatoms. The number of ether oxygens (including phenoxy) is 1. The minimum absolute atomic E-state index is 0.248.